The zero-order valence-corrected chi connectivity index (χ0v) is 6.86. The number of benzene rings is 1. The van der Waals surface area contributed by atoms with Crippen LogP contribution in [0.15, 0.2) is 30.0 Å². The summed E-state index contributed by atoms with van der Waals surface area (Å²) in [6.45, 7) is 0. The van der Waals surface area contributed by atoms with Crippen molar-refractivity contribution in [1.82, 2.24) is 0 Å². The topological polar surface area (TPSA) is 78.5 Å². The number of para-hydroxylation sites is 1. The molecule has 2 rings (SSSR count). The Bertz CT molecular complexity index is 374. The quantitative estimate of drug-likeness (QED) is 0.469. The number of nitrogens with two attached hydrogens (primary N) is 1. The summed E-state index contributed by atoms with van der Waals surface area (Å²) in [5, 5.41) is 21.6. The van der Waals surface area contributed by atoms with Crippen molar-refractivity contribution in [3.05, 3.63) is 35.5 Å². The van der Waals surface area contributed by atoms with Crippen molar-refractivity contribution in [2.75, 3.05) is 5.32 Å². The lowest BCUT2D eigenvalue weighted by Crippen LogP contribution is -2.31. The van der Waals surface area contributed by atoms with E-state index in [0.717, 1.165) is 0 Å². The predicted octanol–water partition coefficient (Wildman–Crippen LogP) is 0.616. The minimum Gasteiger partial charge on any atom is -0.505 e. The van der Waals surface area contributed by atoms with Crippen LogP contribution in [0.1, 0.15) is 5.56 Å². The van der Waals surface area contributed by atoms with E-state index in [1.807, 2.05) is 6.07 Å². The molecule has 0 amide bonds. The molecule has 1 aromatic rings. The summed E-state index contributed by atoms with van der Waals surface area (Å²) in [4.78, 5) is 0. The maximum Gasteiger partial charge on any atom is 0.169 e. The molecule has 0 bridgehead atoms. The zero-order chi connectivity index (χ0) is 9.42. The first kappa shape index (κ1) is 7.94. The lowest BCUT2D eigenvalue weighted by Gasteiger charge is -2.23. The normalized spacial score (nSPS) is 20.8. The third-order valence-corrected chi connectivity index (χ3v) is 2.04. The monoisotopic (exact) mass is 178 g/mol. The molecule has 4 heteroatoms. The van der Waals surface area contributed by atoms with Crippen molar-refractivity contribution in [3.8, 4) is 0 Å². The van der Waals surface area contributed by atoms with Crippen molar-refractivity contribution in [2.45, 2.75) is 6.23 Å². The summed E-state index contributed by atoms with van der Waals surface area (Å²) < 4.78 is 0. The molecular weight excluding hydrogens is 168 g/mol. The van der Waals surface area contributed by atoms with Gasteiger partial charge in [0.15, 0.2) is 6.23 Å². The molecule has 0 saturated heterocycles. The van der Waals surface area contributed by atoms with E-state index in [2.05, 4.69) is 5.32 Å². The SMILES string of the molecule is NC1=C(O)c2ccccc2NC1O. The molecule has 4 nitrogen and oxygen atoms in total. The van der Waals surface area contributed by atoms with E-state index in [-0.39, 0.29) is 11.5 Å². The summed E-state index contributed by atoms with van der Waals surface area (Å²) in [7, 11) is 0. The maximum atomic E-state index is 9.55. The van der Waals surface area contributed by atoms with E-state index in [1.54, 1.807) is 18.2 Å². The molecule has 1 heterocycles. The minimum atomic E-state index is -1.00. The van der Waals surface area contributed by atoms with Gasteiger partial charge in [-0.15, -0.1) is 0 Å². The Morgan fingerprint density at radius 2 is 2.00 bits per heavy atom. The Morgan fingerprint density at radius 1 is 1.31 bits per heavy atom. The van der Waals surface area contributed by atoms with Gasteiger partial charge in [-0.1, -0.05) is 12.1 Å². The van der Waals surface area contributed by atoms with Crippen molar-refractivity contribution in [2.24, 2.45) is 5.73 Å². The third-order valence-electron chi connectivity index (χ3n) is 2.04. The highest BCUT2D eigenvalue weighted by atomic mass is 16.3. The molecule has 0 fully saturated rings. The van der Waals surface area contributed by atoms with Gasteiger partial charge >= 0.3 is 0 Å². The molecule has 5 N–H and O–H groups in total. The second kappa shape index (κ2) is 2.67. The second-order valence-corrected chi connectivity index (χ2v) is 2.90. The highest BCUT2D eigenvalue weighted by molar-refractivity contribution is 5.77. The van der Waals surface area contributed by atoms with Gasteiger partial charge in [0.25, 0.3) is 0 Å². The van der Waals surface area contributed by atoms with Crippen LogP contribution >= 0.6 is 0 Å². The van der Waals surface area contributed by atoms with E-state index in [9.17, 15) is 10.2 Å². The lowest BCUT2D eigenvalue weighted by molar-refractivity contribution is 0.233. The molecule has 0 spiro atoms. The van der Waals surface area contributed by atoms with E-state index in [4.69, 9.17) is 5.73 Å². The fourth-order valence-electron chi connectivity index (χ4n) is 1.33. The summed E-state index contributed by atoms with van der Waals surface area (Å²) in [5.41, 5.74) is 6.81. The fourth-order valence-corrected chi connectivity index (χ4v) is 1.33. The lowest BCUT2D eigenvalue weighted by atomic mass is 10.1. The number of aliphatic hydroxyl groups excluding tert-OH is 2. The van der Waals surface area contributed by atoms with Crippen molar-refractivity contribution in [3.63, 3.8) is 0 Å². The van der Waals surface area contributed by atoms with Crippen molar-refractivity contribution < 1.29 is 10.2 Å². The highest BCUT2D eigenvalue weighted by Gasteiger charge is 2.21. The maximum absolute atomic E-state index is 9.55. The Balaban J connectivity index is 2.59. The first-order chi connectivity index (χ1) is 6.20. The van der Waals surface area contributed by atoms with Crippen LogP contribution in [0.3, 0.4) is 0 Å². The van der Waals surface area contributed by atoms with Crippen LogP contribution < -0.4 is 11.1 Å². The molecule has 0 saturated carbocycles. The molecule has 68 valence electrons. The van der Waals surface area contributed by atoms with Crippen LogP contribution in [0.5, 0.6) is 0 Å². The number of rotatable bonds is 0. The van der Waals surface area contributed by atoms with E-state index in [1.165, 1.54) is 0 Å². The summed E-state index contributed by atoms with van der Waals surface area (Å²) in [6.07, 6.45) is -1.00. The summed E-state index contributed by atoms with van der Waals surface area (Å²) >= 11 is 0. The van der Waals surface area contributed by atoms with Crippen LogP contribution in [0.2, 0.25) is 0 Å². The Morgan fingerprint density at radius 3 is 2.77 bits per heavy atom. The fraction of sp³-hybridized carbons (Fsp3) is 0.111. The standard InChI is InChI=1S/C9H10N2O2/c10-7-8(12)5-3-1-2-4-6(5)11-9(7)13/h1-4,9,11-13H,10H2. The number of aliphatic hydroxyl groups is 2. The average molecular weight is 178 g/mol. The molecule has 0 aliphatic carbocycles. The van der Waals surface area contributed by atoms with Gasteiger partial charge in [-0.2, -0.15) is 0 Å². The molecule has 13 heavy (non-hydrogen) atoms. The molecule has 1 atom stereocenters. The largest absolute Gasteiger partial charge is 0.505 e. The van der Waals surface area contributed by atoms with Gasteiger partial charge in [-0.05, 0) is 12.1 Å². The third kappa shape index (κ3) is 1.11. The van der Waals surface area contributed by atoms with Crippen LogP contribution in [0.25, 0.3) is 5.76 Å². The van der Waals surface area contributed by atoms with Gasteiger partial charge in [0.1, 0.15) is 11.5 Å². The van der Waals surface area contributed by atoms with Gasteiger partial charge in [0.2, 0.25) is 0 Å². The van der Waals surface area contributed by atoms with Crippen LogP contribution in [-0.2, 0) is 0 Å². The van der Waals surface area contributed by atoms with Crippen LogP contribution in [-0.4, -0.2) is 16.4 Å². The minimum absolute atomic E-state index is 0.0538. The first-order valence-corrected chi connectivity index (χ1v) is 3.93. The smallest absolute Gasteiger partial charge is 0.169 e. The highest BCUT2D eigenvalue weighted by Crippen LogP contribution is 2.28. The second-order valence-electron chi connectivity index (χ2n) is 2.90. The van der Waals surface area contributed by atoms with Gasteiger partial charge in [-0.25, -0.2) is 0 Å². The predicted molar refractivity (Wildman–Crippen MR) is 49.8 cm³/mol. The Labute approximate surface area is 75.3 Å². The average Bonchev–Trinajstić information content (AvgIpc) is 2.15. The summed E-state index contributed by atoms with van der Waals surface area (Å²) in [6, 6.07) is 7.10. The molecule has 1 unspecified atom stereocenters. The van der Waals surface area contributed by atoms with Crippen molar-refractivity contribution >= 4 is 11.4 Å². The Kier molecular flexibility index (Phi) is 1.63. The van der Waals surface area contributed by atoms with Crippen LogP contribution in [0, 0.1) is 0 Å². The molecule has 1 aliphatic rings. The van der Waals surface area contributed by atoms with Gasteiger partial charge in [0, 0.05) is 11.3 Å². The van der Waals surface area contributed by atoms with E-state index < -0.39 is 6.23 Å². The number of fused-ring (bicyclic) bond motifs is 1. The number of hydrogen-bond acceptors (Lipinski definition) is 4. The van der Waals surface area contributed by atoms with Gasteiger partial charge in [0.05, 0.1) is 0 Å². The Hall–Kier alpha value is -1.68. The van der Waals surface area contributed by atoms with Crippen LogP contribution in [0.4, 0.5) is 5.69 Å². The number of hydrogen-bond donors (Lipinski definition) is 4. The molecule has 1 aliphatic heterocycles. The molecule has 1 aromatic carbocycles. The van der Waals surface area contributed by atoms with Gasteiger partial charge in [-0.3, -0.25) is 0 Å². The number of anilines is 1. The van der Waals surface area contributed by atoms with E-state index in [0.29, 0.717) is 11.3 Å². The molecular formula is C9H10N2O2. The number of nitrogens with one attached hydrogen (secondary N) is 1. The first-order valence-electron chi connectivity index (χ1n) is 3.93. The van der Waals surface area contributed by atoms with Crippen molar-refractivity contribution in [1.29, 1.82) is 0 Å². The molecule has 0 radical (unpaired) electrons. The van der Waals surface area contributed by atoms with E-state index >= 15 is 0 Å². The van der Waals surface area contributed by atoms with Gasteiger partial charge < -0.3 is 21.3 Å². The summed E-state index contributed by atoms with van der Waals surface area (Å²) in [5.74, 6) is -0.0538. The zero-order valence-electron chi connectivity index (χ0n) is 6.86. The molecule has 0 aromatic heterocycles.